The Morgan fingerprint density at radius 3 is 2.33 bits per heavy atom. The van der Waals surface area contributed by atoms with E-state index in [-0.39, 0.29) is 17.7 Å². The largest absolute Gasteiger partial charge is 0.480 e. The molecule has 0 saturated heterocycles. The zero-order valence-corrected chi connectivity index (χ0v) is 22.9. The fourth-order valence-corrected chi connectivity index (χ4v) is 4.34. The van der Waals surface area contributed by atoms with Gasteiger partial charge in [0.2, 0.25) is 0 Å². The van der Waals surface area contributed by atoms with Gasteiger partial charge in [-0.3, -0.25) is 10.1 Å². The van der Waals surface area contributed by atoms with E-state index >= 15 is 0 Å². The van der Waals surface area contributed by atoms with Crippen LogP contribution < -0.4 is 10.6 Å². The normalized spacial score (nSPS) is 12.3. The summed E-state index contributed by atoms with van der Waals surface area (Å²) in [5.41, 5.74) is 4.08. The van der Waals surface area contributed by atoms with Gasteiger partial charge in [-0.15, -0.1) is 0 Å². The third-order valence-electron chi connectivity index (χ3n) is 6.29. The summed E-state index contributed by atoms with van der Waals surface area (Å²) in [5.74, 6) is -1.39. The quantitative estimate of drug-likeness (QED) is 0.217. The van der Waals surface area contributed by atoms with Crippen LogP contribution in [0, 0.1) is 13.8 Å². The van der Waals surface area contributed by atoms with E-state index in [1.54, 1.807) is 50.2 Å². The molecule has 1 heterocycles. The van der Waals surface area contributed by atoms with E-state index in [2.05, 4.69) is 15.8 Å². The maximum Gasteiger partial charge on any atom is 0.412 e. The molecule has 4 rings (SSSR count). The molecule has 3 N–H and O–H groups in total. The zero-order valence-electron chi connectivity index (χ0n) is 22.1. The number of carboxylic acids is 1. The van der Waals surface area contributed by atoms with E-state index in [4.69, 9.17) is 20.9 Å². The van der Waals surface area contributed by atoms with Crippen molar-refractivity contribution in [3.05, 3.63) is 106 Å². The van der Waals surface area contributed by atoms with Gasteiger partial charge in [-0.1, -0.05) is 76.9 Å². The molecule has 10 heteroatoms. The molecule has 40 heavy (non-hydrogen) atoms. The number of aromatic nitrogens is 1. The number of benzene rings is 3. The summed E-state index contributed by atoms with van der Waals surface area (Å²) in [5, 5.41) is 19.3. The SMILES string of the molecule is Cc1ccc(CC(NC(=O)c2ccc(-c3onc(C)c3NC(=O)O[C@H](C)c3ccccc3Cl)cc2)C(=O)O)cc1. The molecule has 206 valence electrons. The molecule has 1 unspecified atom stereocenters. The van der Waals surface area contributed by atoms with Crippen LogP contribution in [0.25, 0.3) is 11.3 Å². The first kappa shape index (κ1) is 28.4. The summed E-state index contributed by atoms with van der Waals surface area (Å²) < 4.78 is 10.9. The molecule has 0 saturated carbocycles. The number of ether oxygens (including phenoxy) is 1. The van der Waals surface area contributed by atoms with Crippen molar-refractivity contribution in [2.45, 2.75) is 39.3 Å². The van der Waals surface area contributed by atoms with Gasteiger partial charge >= 0.3 is 12.1 Å². The molecule has 0 aliphatic heterocycles. The van der Waals surface area contributed by atoms with Crippen LogP contribution in [0.4, 0.5) is 10.5 Å². The molecular weight excluding hydrogens is 534 g/mol. The lowest BCUT2D eigenvalue weighted by Gasteiger charge is -2.16. The zero-order chi connectivity index (χ0) is 28.8. The van der Waals surface area contributed by atoms with Gasteiger partial charge < -0.3 is 19.7 Å². The number of nitrogens with zero attached hydrogens (tertiary/aromatic N) is 1. The molecule has 0 spiro atoms. The first-order chi connectivity index (χ1) is 19.1. The van der Waals surface area contributed by atoms with Crippen LogP contribution in [0.5, 0.6) is 0 Å². The van der Waals surface area contributed by atoms with Crippen molar-refractivity contribution in [3.8, 4) is 11.3 Å². The van der Waals surface area contributed by atoms with E-state index in [0.29, 0.717) is 27.5 Å². The van der Waals surface area contributed by atoms with E-state index in [1.165, 1.54) is 12.1 Å². The Bertz CT molecular complexity index is 1520. The maximum absolute atomic E-state index is 12.8. The topological polar surface area (TPSA) is 131 Å². The van der Waals surface area contributed by atoms with Crippen molar-refractivity contribution in [1.82, 2.24) is 10.5 Å². The highest BCUT2D eigenvalue weighted by molar-refractivity contribution is 6.31. The van der Waals surface area contributed by atoms with Gasteiger partial charge in [-0.2, -0.15) is 0 Å². The van der Waals surface area contributed by atoms with Crippen LogP contribution in [0.3, 0.4) is 0 Å². The Labute approximate surface area is 236 Å². The number of carbonyl (C=O) groups is 3. The highest BCUT2D eigenvalue weighted by atomic mass is 35.5. The predicted octanol–water partition coefficient (Wildman–Crippen LogP) is 6.35. The number of aryl methyl sites for hydroxylation is 2. The predicted molar refractivity (Wildman–Crippen MR) is 150 cm³/mol. The molecule has 0 radical (unpaired) electrons. The average molecular weight is 562 g/mol. The number of rotatable bonds is 9. The second-order valence-electron chi connectivity index (χ2n) is 9.30. The molecule has 0 bridgehead atoms. The maximum atomic E-state index is 12.8. The van der Waals surface area contributed by atoms with Gasteiger partial charge in [0.15, 0.2) is 5.76 Å². The lowest BCUT2D eigenvalue weighted by atomic mass is 10.0. The number of hydrogen-bond donors (Lipinski definition) is 3. The standard InChI is InChI=1S/C30H28ClN3O6/c1-17-8-10-20(11-9-17)16-25(29(36)37)32-28(35)22-14-12-21(13-15-22)27-26(18(2)34-40-27)33-30(38)39-19(3)23-6-4-5-7-24(23)31/h4-15,19,25H,16H2,1-3H3,(H,32,35)(H,33,38)(H,36,37)/t19-,25?/m1/s1. The highest BCUT2D eigenvalue weighted by Crippen LogP contribution is 2.32. The number of amides is 2. The molecule has 4 aromatic rings. The van der Waals surface area contributed by atoms with Crippen molar-refractivity contribution in [2.24, 2.45) is 0 Å². The van der Waals surface area contributed by atoms with Crippen molar-refractivity contribution in [3.63, 3.8) is 0 Å². The number of carbonyl (C=O) groups excluding carboxylic acids is 2. The number of nitrogens with one attached hydrogen (secondary N) is 2. The van der Waals surface area contributed by atoms with Crippen LogP contribution in [0.1, 0.15) is 45.8 Å². The van der Waals surface area contributed by atoms with Crippen molar-refractivity contribution in [2.75, 3.05) is 5.32 Å². The van der Waals surface area contributed by atoms with Crippen LogP contribution in [0.2, 0.25) is 5.02 Å². The molecule has 2 amide bonds. The first-order valence-electron chi connectivity index (χ1n) is 12.5. The lowest BCUT2D eigenvalue weighted by molar-refractivity contribution is -0.139. The summed E-state index contributed by atoms with van der Waals surface area (Å²) in [6, 6.07) is 19.8. The summed E-state index contributed by atoms with van der Waals surface area (Å²) in [7, 11) is 0. The van der Waals surface area contributed by atoms with E-state index < -0.39 is 30.1 Å². The molecule has 0 aliphatic rings. The van der Waals surface area contributed by atoms with E-state index in [1.807, 2.05) is 31.2 Å². The fraction of sp³-hybridized carbons (Fsp3) is 0.200. The van der Waals surface area contributed by atoms with Crippen LogP contribution in [-0.4, -0.2) is 34.3 Å². The number of hydrogen-bond acceptors (Lipinski definition) is 6. The summed E-state index contributed by atoms with van der Waals surface area (Å²) in [6.45, 7) is 5.32. The smallest absolute Gasteiger partial charge is 0.412 e. The summed E-state index contributed by atoms with van der Waals surface area (Å²) >= 11 is 6.20. The number of carboxylic acid groups (broad SMARTS) is 1. The van der Waals surface area contributed by atoms with Gasteiger partial charge in [-0.25, -0.2) is 9.59 Å². The van der Waals surface area contributed by atoms with E-state index in [0.717, 1.165) is 11.1 Å². The van der Waals surface area contributed by atoms with Crippen LogP contribution in [0.15, 0.2) is 77.3 Å². The van der Waals surface area contributed by atoms with Crippen LogP contribution >= 0.6 is 11.6 Å². The molecule has 0 aliphatic carbocycles. The number of aliphatic carboxylic acids is 1. The van der Waals surface area contributed by atoms with Crippen molar-refractivity contribution in [1.29, 1.82) is 0 Å². The minimum absolute atomic E-state index is 0.150. The van der Waals surface area contributed by atoms with Gasteiger partial charge in [0.05, 0.1) is 0 Å². The van der Waals surface area contributed by atoms with Crippen molar-refractivity contribution < 1.29 is 28.8 Å². The molecule has 1 aromatic heterocycles. The molecule has 2 atom stereocenters. The Balaban J connectivity index is 1.43. The molecular formula is C30H28ClN3O6. The third kappa shape index (κ3) is 6.86. The molecule has 9 nitrogen and oxygen atoms in total. The average Bonchev–Trinajstić information content (AvgIpc) is 3.29. The minimum Gasteiger partial charge on any atom is -0.480 e. The number of anilines is 1. The van der Waals surface area contributed by atoms with Crippen LogP contribution in [-0.2, 0) is 16.0 Å². The Morgan fingerprint density at radius 2 is 1.68 bits per heavy atom. The monoisotopic (exact) mass is 561 g/mol. The second-order valence-corrected chi connectivity index (χ2v) is 9.70. The molecule has 0 fully saturated rings. The highest BCUT2D eigenvalue weighted by Gasteiger charge is 2.23. The Kier molecular flexibility index (Phi) is 8.86. The Morgan fingerprint density at radius 1 is 1.00 bits per heavy atom. The summed E-state index contributed by atoms with van der Waals surface area (Å²) in [6.07, 6.45) is -1.17. The van der Waals surface area contributed by atoms with Gasteiger partial charge in [0.25, 0.3) is 5.91 Å². The van der Waals surface area contributed by atoms with E-state index in [9.17, 15) is 19.5 Å². The lowest BCUT2D eigenvalue weighted by Crippen LogP contribution is -2.42. The van der Waals surface area contributed by atoms with Gasteiger partial charge in [0, 0.05) is 28.1 Å². The molecule has 3 aromatic carbocycles. The minimum atomic E-state index is -1.13. The third-order valence-corrected chi connectivity index (χ3v) is 6.63. The van der Waals surface area contributed by atoms with Gasteiger partial charge in [0.1, 0.15) is 23.5 Å². The van der Waals surface area contributed by atoms with Gasteiger partial charge in [-0.05, 0) is 44.5 Å². The number of halogens is 1. The second kappa shape index (κ2) is 12.5. The first-order valence-corrected chi connectivity index (χ1v) is 12.9. The fourth-order valence-electron chi connectivity index (χ4n) is 4.05. The Hall–Kier alpha value is -4.63. The van der Waals surface area contributed by atoms with Crippen molar-refractivity contribution >= 4 is 35.3 Å². The summed E-state index contributed by atoms with van der Waals surface area (Å²) in [4.78, 5) is 37.2.